The number of nitrogens with two attached hydrogens (primary N) is 1. The molecule has 2 aromatic rings. The number of aliphatic hydroxyl groups excluding tert-OH is 1. The van der Waals surface area contributed by atoms with Crippen LogP contribution in [-0.2, 0) is 0 Å². The number of aliphatic hydroxyl groups is 1. The third-order valence-corrected chi connectivity index (χ3v) is 2.58. The molecule has 0 bridgehead atoms. The molecule has 3 N–H and O–H groups in total. The van der Waals surface area contributed by atoms with Gasteiger partial charge in [-0.1, -0.05) is 0 Å². The Hall–Kier alpha value is -2.01. The maximum atomic E-state index is 13.1. The first kappa shape index (κ1) is 12.4. The van der Waals surface area contributed by atoms with Crippen LogP contribution in [-0.4, -0.2) is 10.1 Å². The lowest BCUT2D eigenvalue weighted by molar-refractivity contribution is 0.219. The first-order chi connectivity index (χ1) is 8.47. The van der Waals surface area contributed by atoms with Gasteiger partial charge in [-0.2, -0.15) is 0 Å². The highest BCUT2D eigenvalue weighted by molar-refractivity contribution is 5.46. The second kappa shape index (κ2) is 4.70. The van der Waals surface area contributed by atoms with Crippen molar-refractivity contribution in [3.8, 4) is 0 Å². The van der Waals surface area contributed by atoms with E-state index >= 15 is 0 Å². The van der Waals surface area contributed by atoms with Gasteiger partial charge in [-0.25, -0.2) is 13.8 Å². The maximum absolute atomic E-state index is 13.1. The minimum absolute atomic E-state index is 0.103. The second-order valence-corrected chi connectivity index (χ2v) is 4.09. The zero-order valence-corrected chi connectivity index (χ0v) is 9.69. The lowest BCUT2D eigenvalue weighted by Crippen LogP contribution is -2.06. The van der Waals surface area contributed by atoms with Gasteiger partial charge in [0.05, 0.1) is 0 Å². The van der Waals surface area contributed by atoms with E-state index in [9.17, 15) is 13.9 Å². The highest BCUT2D eigenvalue weighted by atomic mass is 19.1. The van der Waals surface area contributed by atoms with E-state index in [1.54, 1.807) is 19.2 Å². The zero-order valence-electron chi connectivity index (χ0n) is 9.69. The molecule has 0 spiro atoms. The summed E-state index contributed by atoms with van der Waals surface area (Å²) < 4.78 is 26.2. The number of halogens is 2. The molecule has 0 fully saturated rings. The first-order valence-electron chi connectivity index (χ1n) is 5.33. The van der Waals surface area contributed by atoms with Gasteiger partial charge in [0.1, 0.15) is 23.6 Å². The highest BCUT2D eigenvalue weighted by Gasteiger charge is 2.16. The highest BCUT2D eigenvalue weighted by Crippen LogP contribution is 2.27. The molecule has 1 unspecified atom stereocenters. The second-order valence-electron chi connectivity index (χ2n) is 4.09. The van der Waals surface area contributed by atoms with Crippen molar-refractivity contribution in [2.24, 2.45) is 0 Å². The van der Waals surface area contributed by atoms with Gasteiger partial charge in [-0.3, -0.25) is 0 Å². The topological polar surface area (TPSA) is 59.1 Å². The molecule has 0 radical (unpaired) electrons. The van der Waals surface area contributed by atoms with E-state index in [1.165, 1.54) is 0 Å². The van der Waals surface area contributed by atoms with E-state index in [-0.39, 0.29) is 11.4 Å². The summed E-state index contributed by atoms with van der Waals surface area (Å²) in [5.74, 6) is -1.36. The third-order valence-electron chi connectivity index (χ3n) is 2.58. The standard InChI is InChI=1S/C13H12F2N2O/c1-7-2-11(13(16)17-6-7)12(18)8-3-9(14)5-10(15)4-8/h2-6,12,18H,1H3,(H2,16,17). The molecule has 0 aliphatic carbocycles. The number of aromatic nitrogens is 1. The predicted octanol–water partition coefficient (Wildman–Crippen LogP) is 2.33. The quantitative estimate of drug-likeness (QED) is 0.860. The van der Waals surface area contributed by atoms with Crippen molar-refractivity contribution in [2.75, 3.05) is 5.73 Å². The first-order valence-corrected chi connectivity index (χ1v) is 5.33. The summed E-state index contributed by atoms with van der Waals surface area (Å²) in [4.78, 5) is 3.90. The van der Waals surface area contributed by atoms with Crippen molar-refractivity contribution in [3.63, 3.8) is 0 Å². The summed E-state index contributed by atoms with van der Waals surface area (Å²) in [5.41, 5.74) is 6.88. The molecular weight excluding hydrogens is 238 g/mol. The lowest BCUT2D eigenvalue weighted by Gasteiger charge is -2.14. The van der Waals surface area contributed by atoms with Gasteiger partial charge in [0, 0.05) is 17.8 Å². The van der Waals surface area contributed by atoms with Gasteiger partial charge in [0.2, 0.25) is 0 Å². The average Bonchev–Trinajstić information content (AvgIpc) is 2.30. The number of hydrogen-bond donors (Lipinski definition) is 2. The number of rotatable bonds is 2. The van der Waals surface area contributed by atoms with Crippen molar-refractivity contribution < 1.29 is 13.9 Å². The Labute approximate surface area is 103 Å². The minimum Gasteiger partial charge on any atom is -0.384 e. The Morgan fingerprint density at radius 1 is 1.17 bits per heavy atom. The number of nitrogen functional groups attached to an aromatic ring is 1. The van der Waals surface area contributed by atoms with Gasteiger partial charge in [0.25, 0.3) is 0 Å². The molecule has 18 heavy (non-hydrogen) atoms. The Morgan fingerprint density at radius 2 is 1.78 bits per heavy atom. The van der Waals surface area contributed by atoms with Crippen molar-refractivity contribution in [3.05, 3.63) is 58.8 Å². The van der Waals surface area contributed by atoms with Crippen molar-refractivity contribution in [1.29, 1.82) is 0 Å². The number of hydrogen-bond acceptors (Lipinski definition) is 3. The van der Waals surface area contributed by atoms with Crippen LogP contribution in [0.15, 0.2) is 30.5 Å². The molecule has 1 heterocycles. The normalized spacial score (nSPS) is 12.4. The molecule has 0 aliphatic heterocycles. The van der Waals surface area contributed by atoms with Crippen molar-refractivity contribution in [2.45, 2.75) is 13.0 Å². The fourth-order valence-corrected chi connectivity index (χ4v) is 1.73. The summed E-state index contributed by atoms with van der Waals surface area (Å²) in [5, 5.41) is 10.1. The van der Waals surface area contributed by atoms with Crippen LogP contribution in [0.3, 0.4) is 0 Å². The SMILES string of the molecule is Cc1cnc(N)c(C(O)c2cc(F)cc(F)c2)c1. The van der Waals surface area contributed by atoms with Crippen LogP contribution in [0.4, 0.5) is 14.6 Å². The Balaban J connectivity index is 2.47. The molecule has 0 aliphatic rings. The van der Waals surface area contributed by atoms with E-state index in [2.05, 4.69) is 4.98 Å². The van der Waals surface area contributed by atoms with Crippen LogP contribution in [0.25, 0.3) is 0 Å². The van der Waals surface area contributed by atoms with E-state index in [1.807, 2.05) is 0 Å². The van der Waals surface area contributed by atoms with Gasteiger partial charge < -0.3 is 10.8 Å². The summed E-state index contributed by atoms with van der Waals surface area (Å²) in [6.07, 6.45) is 0.347. The summed E-state index contributed by atoms with van der Waals surface area (Å²) in [6, 6.07) is 4.51. The molecule has 1 aromatic heterocycles. The molecule has 94 valence electrons. The molecule has 0 saturated carbocycles. The number of benzene rings is 1. The summed E-state index contributed by atoms with van der Waals surface area (Å²) in [6.45, 7) is 1.79. The minimum atomic E-state index is -1.21. The molecule has 2 rings (SSSR count). The fraction of sp³-hybridized carbons (Fsp3) is 0.154. The Kier molecular flexibility index (Phi) is 3.25. The van der Waals surface area contributed by atoms with Gasteiger partial charge in [-0.15, -0.1) is 0 Å². The molecule has 1 aromatic carbocycles. The van der Waals surface area contributed by atoms with Gasteiger partial charge >= 0.3 is 0 Å². The largest absolute Gasteiger partial charge is 0.384 e. The maximum Gasteiger partial charge on any atom is 0.129 e. The van der Waals surface area contributed by atoms with Crippen LogP contribution < -0.4 is 5.73 Å². The Morgan fingerprint density at radius 3 is 2.39 bits per heavy atom. The lowest BCUT2D eigenvalue weighted by atomic mass is 10.0. The predicted molar refractivity (Wildman–Crippen MR) is 63.8 cm³/mol. The number of nitrogens with zero attached hydrogens (tertiary/aromatic N) is 1. The van der Waals surface area contributed by atoms with Crippen LogP contribution in [0, 0.1) is 18.6 Å². The van der Waals surface area contributed by atoms with Gasteiger partial charge in [-0.05, 0) is 36.2 Å². The zero-order chi connectivity index (χ0) is 13.3. The average molecular weight is 250 g/mol. The smallest absolute Gasteiger partial charge is 0.129 e. The fourth-order valence-electron chi connectivity index (χ4n) is 1.73. The number of anilines is 1. The van der Waals surface area contributed by atoms with Crippen molar-refractivity contribution in [1.82, 2.24) is 4.98 Å². The molecule has 5 heteroatoms. The number of pyridine rings is 1. The molecule has 0 saturated heterocycles. The van der Waals surface area contributed by atoms with E-state index < -0.39 is 17.7 Å². The molecule has 3 nitrogen and oxygen atoms in total. The summed E-state index contributed by atoms with van der Waals surface area (Å²) >= 11 is 0. The van der Waals surface area contributed by atoms with Crippen LogP contribution in [0.5, 0.6) is 0 Å². The van der Waals surface area contributed by atoms with E-state index in [4.69, 9.17) is 5.73 Å². The monoisotopic (exact) mass is 250 g/mol. The van der Waals surface area contributed by atoms with Gasteiger partial charge in [0.15, 0.2) is 0 Å². The molecular formula is C13H12F2N2O. The van der Waals surface area contributed by atoms with Crippen LogP contribution in [0.2, 0.25) is 0 Å². The van der Waals surface area contributed by atoms with E-state index in [0.29, 0.717) is 5.56 Å². The van der Waals surface area contributed by atoms with Crippen molar-refractivity contribution >= 4 is 5.82 Å². The number of aryl methyl sites for hydroxylation is 1. The van der Waals surface area contributed by atoms with Crippen LogP contribution >= 0.6 is 0 Å². The summed E-state index contributed by atoms with van der Waals surface area (Å²) in [7, 11) is 0. The van der Waals surface area contributed by atoms with E-state index in [0.717, 1.165) is 23.8 Å². The van der Waals surface area contributed by atoms with Crippen LogP contribution in [0.1, 0.15) is 22.8 Å². The third kappa shape index (κ3) is 2.46. The molecule has 0 amide bonds. The Bertz CT molecular complexity index is 567. The molecule has 1 atom stereocenters.